The van der Waals surface area contributed by atoms with Crippen LogP contribution in [0.2, 0.25) is 0 Å². The summed E-state index contributed by atoms with van der Waals surface area (Å²) in [4.78, 5) is 11.7. The highest BCUT2D eigenvalue weighted by molar-refractivity contribution is 7.97. The van der Waals surface area contributed by atoms with Gasteiger partial charge >= 0.3 is 12.1 Å². The van der Waals surface area contributed by atoms with Crippen LogP contribution in [0.25, 0.3) is 5.69 Å². The zero-order chi connectivity index (χ0) is 27.3. The number of aromatic nitrogens is 2. The summed E-state index contributed by atoms with van der Waals surface area (Å²) in [5, 5.41) is 12.5. The summed E-state index contributed by atoms with van der Waals surface area (Å²) in [6.45, 7) is 5.35. The highest BCUT2D eigenvalue weighted by Gasteiger charge is 2.36. The van der Waals surface area contributed by atoms with Gasteiger partial charge in [0.15, 0.2) is 12.4 Å². The van der Waals surface area contributed by atoms with E-state index in [0.29, 0.717) is 25.3 Å². The lowest BCUT2D eigenvalue weighted by atomic mass is 9.96. The van der Waals surface area contributed by atoms with Crippen LogP contribution in [0.15, 0.2) is 53.4 Å². The Morgan fingerprint density at radius 2 is 1.87 bits per heavy atom. The maximum Gasteiger partial charge on any atom is 0.435 e. The van der Waals surface area contributed by atoms with E-state index in [1.165, 1.54) is 16.6 Å². The molecule has 7 nitrogen and oxygen atoms in total. The van der Waals surface area contributed by atoms with Crippen molar-refractivity contribution >= 4 is 17.9 Å². The molecule has 0 radical (unpaired) electrons. The molecular formula is C27H30F3N3O4S. The molecule has 2 heterocycles. The zero-order valence-corrected chi connectivity index (χ0v) is 22.0. The van der Waals surface area contributed by atoms with Crippen molar-refractivity contribution in [3.05, 3.63) is 65.4 Å². The molecule has 0 spiro atoms. The second-order valence-electron chi connectivity index (χ2n) is 9.31. The van der Waals surface area contributed by atoms with Crippen LogP contribution in [0.1, 0.15) is 62.3 Å². The Balaban J connectivity index is 1.43. The first-order valence-corrected chi connectivity index (χ1v) is 13.2. The van der Waals surface area contributed by atoms with E-state index in [0.717, 1.165) is 40.7 Å². The SMILES string of the molecule is CC(C)c1cc(OCCCCCC(=O)O)cc2c1CN(COc1cc(C(F)(F)F)nn1-c1ccccc1)S2. The molecule has 0 fully saturated rings. The molecule has 0 amide bonds. The smallest absolute Gasteiger partial charge is 0.435 e. The molecule has 3 aromatic rings. The molecule has 38 heavy (non-hydrogen) atoms. The summed E-state index contributed by atoms with van der Waals surface area (Å²) in [5.74, 6) is 0.217. The van der Waals surface area contributed by atoms with Gasteiger partial charge in [-0.2, -0.15) is 18.3 Å². The van der Waals surface area contributed by atoms with Gasteiger partial charge in [-0.25, -0.2) is 8.99 Å². The van der Waals surface area contributed by atoms with Crippen LogP contribution >= 0.6 is 11.9 Å². The molecule has 1 aliphatic rings. The number of halogens is 3. The number of ether oxygens (including phenoxy) is 2. The Morgan fingerprint density at radius 1 is 1.11 bits per heavy atom. The van der Waals surface area contributed by atoms with E-state index in [-0.39, 0.29) is 24.9 Å². The van der Waals surface area contributed by atoms with Gasteiger partial charge in [0.1, 0.15) is 5.75 Å². The molecule has 0 atom stereocenters. The molecule has 11 heteroatoms. The number of fused-ring (bicyclic) bond motifs is 1. The van der Waals surface area contributed by atoms with Gasteiger partial charge in [0.05, 0.1) is 12.3 Å². The molecular weight excluding hydrogens is 519 g/mol. The minimum absolute atomic E-state index is 0.0103. The summed E-state index contributed by atoms with van der Waals surface area (Å²) >= 11 is 1.48. The Kier molecular flexibility index (Phi) is 8.88. The third-order valence-corrected chi connectivity index (χ3v) is 7.08. The molecule has 2 aromatic carbocycles. The topological polar surface area (TPSA) is 76.8 Å². The zero-order valence-electron chi connectivity index (χ0n) is 21.2. The van der Waals surface area contributed by atoms with Gasteiger partial charge < -0.3 is 14.6 Å². The van der Waals surface area contributed by atoms with Crippen molar-refractivity contribution in [2.75, 3.05) is 13.3 Å². The Labute approximate surface area is 223 Å². The molecule has 0 aliphatic carbocycles. The number of benzene rings is 2. The van der Waals surface area contributed by atoms with Crippen LogP contribution in [0.4, 0.5) is 13.2 Å². The van der Waals surface area contributed by atoms with Crippen molar-refractivity contribution in [3.63, 3.8) is 0 Å². The van der Waals surface area contributed by atoms with E-state index in [9.17, 15) is 18.0 Å². The molecule has 0 bridgehead atoms. The van der Waals surface area contributed by atoms with E-state index in [1.54, 1.807) is 30.3 Å². The van der Waals surface area contributed by atoms with Gasteiger partial charge in [-0.1, -0.05) is 32.0 Å². The number of hydrogen-bond donors (Lipinski definition) is 1. The van der Waals surface area contributed by atoms with Crippen molar-refractivity contribution in [2.24, 2.45) is 0 Å². The lowest BCUT2D eigenvalue weighted by Crippen LogP contribution is -2.18. The van der Waals surface area contributed by atoms with Gasteiger partial charge in [-0.15, -0.1) is 0 Å². The number of rotatable bonds is 12. The fourth-order valence-electron chi connectivity index (χ4n) is 4.15. The molecule has 1 N–H and O–H groups in total. The fourth-order valence-corrected chi connectivity index (χ4v) is 5.19. The van der Waals surface area contributed by atoms with E-state index < -0.39 is 17.8 Å². The van der Waals surface area contributed by atoms with Crippen LogP contribution < -0.4 is 9.47 Å². The first-order chi connectivity index (χ1) is 18.1. The summed E-state index contributed by atoms with van der Waals surface area (Å²) in [7, 11) is 0. The molecule has 4 rings (SSSR count). The maximum absolute atomic E-state index is 13.4. The number of carboxylic acid groups (broad SMARTS) is 1. The number of aliphatic carboxylic acids is 1. The highest BCUT2D eigenvalue weighted by atomic mass is 32.2. The Bertz CT molecular complexity index is 1250. The molecule has 1 aromatic heterocycles. The van der Waals surface area contributed by atoms with E-state index >= 15 is 0 Å². The van der Waals surface area contributed by atoms with Gasteiger partial charge in [-0.05, 0) is 72.5 Å². The molecule has 204 valence electrons. The predicted octanol–water partition coefficient (Wildman–Crippen LogP) is 6.90. The summed E-state index contributed by atoms with van der Waals surface area (Å²) in [6.07, 6.45) is -2.25. The van der Waals surface area contributed by atoms with Crippen molar-refractivity contribution in [2.45, 2.75) is 63.1 Å². The van der Waals surface area contributed by atoms with E-state index in [1.807, 2.05) is 16.4 Å². The maximum atomic E-state index is 13.4. The van der Waals surface area contributed by atoms with Crippen LogP contribution in [-0.2, 0) is 17.5 Å². The van der Waals surface area contributed by atoms with Crippen molar-refractivity contribution < 1.29 is 32.5 Å². The Hall–Kier alpha value is -3.18. The molecule has 0 saturated carbocycles. The fraction of sp³-hybridized carbons (Fsp3) is 0.407. The van der Waals surface area contributed by atoms with Crippen LogP contribution in [0.5, 0.6) is 11.6 Å². The van der Waals surface area contributed by atoms with Crippen molar-refractivity contribution in [1.29, 1.82) is 0 Å². The number of para-hydroxylation sites is 1. The van der Waals surface area contributed by atoms with Crippen LogP contribution in [0.3, 0.4) is 0 Å². The number of hydrogen-bond acceptors (Lipinski definition) is 6. The highest BCUT2D eigenvalue weighted by Crippen LogP contribution is 2.42. The number of unbranched alkanes of at least 4 members (excludes halogenated alkanes) is 2. The van der Waals surface area contributed by atoms with E-state index in [4.69, 9.17) is 14.6 Å². The summed E-state index contributed by atoms with van der Waals surface area (Å²) < 4.78 is 55.1. The minimum Gasteiger partial charge on any atom is -0.494 e. The number of alkyl halides is 3. The third kappa shape index (κ3) is 7.02. The largest absolute Gasteiger partial charge is 0.494 e. The molecule has 0 unspecified atom stereocenters. The summed E-state index contributed by atoms with van der Waals surface area (Å²) in [5.41, 5.74) is 1.75. The number of carbonyl (C=O) groups is 1. The minimum atomic E-state index is -4.59. The van der Waals surface area contributed by atoms with Gasteiger partial charge in [-0.3, -0.25) is 4.79 Å². The van der Waals surface area contributed by atoms with Crippen LogP contribution in [-0.4, -0.2) is 38.5 Å². The third-order valence-electron chi connectivity index (χ3n) is 6.03. The van der Waals surface area contributed by atoms with Crippen molar-refractivity contribution in [1.82, 2.24) is 14.1 Å². The average molecular weight is 550 g/mol. The molecule has 1 aliphatic heterocycles. The Morgan fingerprint density at radius 3 is 2.55 bits per heavy atom. The molecule has 0 saturated heterocycles. The average Bonchev–Trinajstić information content (AvgIpc) is 3.48. The first-order valence-electron chi connectivity index (χ1n) is 12.4. The lowest BCUT2D eigenvalue weighted by Gasteiger charge is -2.16. The quantitative estimate of drug-likeness (QED) is 0.195. The predicted molar refractivity (Wildman–Crippen MR) is 138 cm³/mol. The second-order valence-corrected chi connectivity index (χ2v) is 10.5. The lowest BCUT2D eigenvalue weighted by molar-refractivity contribution is -0.141. The monoisotopic (exact) mass is 549 g/mol. The first kappa shape index (κ1) is 27.8. The van der Waals surface area contributed by atoms with E-state index in [2.05, 4.69) is 18.9 Å². The number of nitrogens with zero attached hydrogens (tertiary/aromatic N) is 3. The van der Waals surface area contributed by atoms with Crippen LogP contribution in [0, 0.1) is 0 Å². The summed E-state index contributed by atoms with van der Waals surface area (Å²) in [6, 6.07) is 13.5. The standard InChI is InChI=1S/C27H30F3N3O4S/c1-18(2)21-13-20(36-12-8-4-7-11-26(34)35)14-23-22(21)16-32(38-23)17-37-25-15-24(27(28,29)30)31-33(25)19-9-5-3-6-10-19/h3,5-6,9-10,13-15,18H,4,7-8,11-12,16-17H2,1-2H3,(H,34,35). The van der Waals surface area contributed by atoms with Gasteiger partial charge in [0.2, 0.25) is 5.88 Å². The number of carboxylic acids is 1. The van der Waals surface area contributed by atoms with Crippen molar-refractivity contribution in [3.8, 4) is 17.3 Å². The van der Waals surface area contributed by atoms with Gasteiger partial charge in [0, 0.05) is 23.9 Å². The normalized spacial score (nSPS) is 13.6. The second kappa shape index (κ2) is 12.1. The van der Waals surface area contributed by atoms with Gasteiger partial charge in [0.25, 0.3) is 0 Å².